The summed E-state index contributed by atoms with van der Waals surface area (Å²) in [6.45, 7) is 1.44. The minimum absolute atomic E-state index is 0.168. The summed E-state index contributed by atoms with van der Waals surface area (Å²) in [5.41, 5.74) is -0.241. The number of nitrogens with zero attached hydrogens (tertiary/aromatic N) is 1. The van der Waals surface area contributed by atoms with Gasteiger partial charge in [-0.05, 0) is 19.3 Å². The van der Waals surface area contributed by atoms with Crippen LogP contribution in [0.2, 0.25) is 0 Å². The Bertz CT molecular complexity index is 447. The maximum atomic E-state index is 12.0. The largest absolute Gasteiger partial charge is 0.507 e. The van der Waals surface area contributed by atoms with Gasteiger partial charge in [-0.15, -0.1) is 0 Å². The van der Waals surface area contributed by atoms with Crippen LogP contribution in [-0.4, -0.2) is 34.0 Å². The lowest BCUT2D eigenvalue weighted by Gasteiger charge is -2.26. The molecule has 2 rings (SSSR count). The van der Waals surface area contributed by atoms with Crippen LogP contribution in [-0.2, 0) is 0 Å². The van der Waals surface area contributed by atoms with Crippen molar-refractivity contribution in [3.05, 3.63) is 28.2 Å². The third-order valence-corrected chi connectivity index (χ3v) is 2.78. The smallest absolute Gasteiger partial charge is 0.259 e. The van der Waals surface area contributed by atoms with E-state index < -0.39 is 5.56 Å². The highest BCUT2D eigenvalue weighted by Crippen LogP contribution is 2.18. The molecule has 0 atom stereocenters. The van der Waals surface area contributed by atoms with E-state index >= 15 is 0 Å². The molecular weight excluding hydrogens is 208 g/mol. The zero-order valence-corrected chi connectivity index (χ0v) is 8.90. The molecular formula is C11H14N2O3. The van der Waals surface area contributed by atoms with Gasteiger partial charge in [-0.25, -0.2) is 0 Å². The van der Waals surface area contributed by atoms with Gasteiger partial charge in [-0.1, -0.05) is 0 Å². The first-order valence-electron chi connectivity index (χ1n) is 5.39. The Hall–Kier alpha value is -1.78. The number of hydrogen-bond acceptors (Lipinski definition) is 3. The first-order valence-corrected chi connectivity index (χ1v) is 5.39. The molecule has 5 heteroatoms. The third-order valence-electron chi connectivity index (χ3n) is 2.78. The van der Waals surface area contributed by atoms with E-state index in [2.05, 4.69) is 4.98 Å². The summed E-state index contributed by atoms with van der Waals surface area (Å²) in [5.74, 6) is -0.465. The molecule has 2 heterocycles. The lowest BCUT2D eigenvalue weighted by Crippen LogP contribution is -2.35. The minimum Gasteiger partial charge on any atom is -0.507 e. The molecule has 5 nitrogen and oxygen atoms in total. The zero-order chi connectivity index (χ0) is 11.5. The number of rotatable bonds is 1. The van der Waals surface area contributed by atoms with Crippen LogP contribution >= 0.6 is 0 Å². The van der Waals surface area contributed by atoms with Crippen molar-refractivity contribution in [3.8, 4) is 5.75 Å². The number of hydrogen-bond donors (Lipinski definition) is 2. The number of aromatic amines is 1. The van der Waals surface area contributed by atoms with E-state index in [-0.39, 0.29) is 17.2 Å². The molecule has 86 valence electrons. The van der Waals surface area contributed by atoms with Crippen LogP contribution in [0.5, 0.6) is 5.75 Å². The molecule has 0 aromatic carbocycles. The van der Waals surface area contributed by atoms with Gasteiger partial charge in [0.2, 0.25) is 0 Å². The van der Waals surface area contributed by atoms with Crippen LogP contribution in [0.25, 0.3) is 0 Å². The van der Waals surface area contributed by atoms with Crippen molar-refractivity contribution in [1.29, 1.82) is 0 Å². The molecule has 0 spiro atoms. The number of amides is 1. The van der Waals surface area contributed by atoms with Crippen LogP contribution in [0, 0.1) is 0 Å². The molecule has 1 fully saturated rings. The third kappa shape index (κ3) is 2.08. The minimum atomic E-state index is -0.410. The molecule has 0 unspecified atom stereocenters. The van der Waals surface area contributed by atoms with E-state index in [9.17, 15) is 14.7 Å². The van der Waals surface area contributed by atoms with Gasteiger partial charge < -0.3 is 15.0 Å². The highest BCUT2D eigenvalue weighted by Gasteiger charge is 2.20. The van der Waals surface area contributed by atoms with Crippen molar-refractivity contribution in [1.82, 2.24) is 9.88 Å². The van der Waals surface area contributed by atoms with Crippen LogP contribution < -0.4 is 5.56 Å². The Labute approximate surface area is 92.7 Å². The number of aromatic hydroxyl groups is 1. The van der Waals surface area contributed by atoms with Crippen molar-refractivity contribution in [3.63, 3.8) is 0 Å². The monoisotopic (exact) mass is 222 g/mol. The quantitative estimate of drug-likeness (QED) is 0.734. The second-order valence-electron chi connectivity index (χ2n) is 3.95. The maximum absolute atomic E-state index is 12.0. The van der Waals surface area contributed by atoms with Gasteiger partial charge in [0.25, 0.3) is 11.5 Å². The summed E-state index contributed by atoms with van der Waals surface area (Å²) < 4.78 is 0. The van der Waals surface area contributed by atoms with E-state index in [1.165, 1.54) is 6.20 Å². The fraction of sp³-hybridized carbons (Fsp3) is 0.455. The van der Waals surface area contributed by atoms with Crippen molar-refractivity contribution in [2.45, 2.75) is 19.3 Å². The molecule has 0 aliphatic carbocycles. The molecule has 1 aromatic heterocycles. The lowest BCUT2D eigenvalue weighted by molar-refractivity contribution is 0.0721. The number of H-pyrrole nitrogens is 1. The lowest BCUT2D eigenvalue weighted by atomic mass is 10.1. The first kappa shape index (κ1) is 10.7. The summed E-state index contributed by atoms with van der Waals surface area (Å²) in [5, 5.41) is 9.52. The fourth-order valence-corrected chi connectivity index (χ4v) is 1.90. The number of aromatic nitrogens is 1. The van der Waals surface area contributed by atoms with Crippen LogP contribution in [0.15, 0.2) is 17.1 Å². The Morgan fingerprint density at radius 1 is 1.31 bits per heavy atom. The summed E-state index contributed by atoms with van der Waals surface area (Å²) >= 11 is 0. The van der Waals surface area contributed by atoms with Gasteiger partial charge in [-0.2, -0.15) is 0 Å². The van der Waals surface area contributed by atoms with Crippen molar-refractivity contribution < 1.29 is 9.90 Å². The number of piperidine rings is 1. The normalized spacial score (nSPS) is 16.1. The van der Waals surface area contributed by atoms with Crippen molar-refractivity contribution in [2.75, 3.05) is 13.1 Å². The van der Waals surface area contributed by atoms with Crippen LogP contribution in [0.4, 0.5) is 0 Å². The zero-order valence-electron chi connectivity index (χ0n) is 8.90. The Kier molecular flexibility index (Phi) is 2.94. The highest BCUT2D eigenvalue weighted by molar-refractivity contribution is 5.96. The molecule has 1 amide bonds. The van der Waals surface area contributed by atoms with Gasteiger partial charge in [-0.3, -0.25) is 9.59 Å². The average molecular weight is 222 g/mol. The van der Waals surface area contributed by atoms with Gasteiger partial charge in [0, 0.05) is 25.4 Å². The SMILES string of the molecule is O=C(c1c[nH]c(=O)cc1O)N1CCCCC1. The Balaban J connectivity index is 2.22. The average Bonchev–Trinajstić information content (AvgIpc) is 2.29. The van der Waals surface area contributed by atoms with E-state index in [4.69, 9.17) is 0 Å². The first-order chi connectivity index (χ1) is 7.68. The van der Waals surface area contributed by atoms with Crippen molar-refractivity contribution >= 4 is 5.91 Å². The number of carbonyl (C=O) groups is 1. The maximum Gasteiger partial charge on any atom is 0.259 e. The van der Waals surface area contributed by atoms with Gasteiger partial charge in [0.15, 0.2) is 0 Å². The fourth-order valence-electron chi connectivity index (χ4n) is 1.90. The summed E-state index contributed by atoms with van der Waals surface area (Å²) in [6, 6.07) is 1.02. The van der Waals surface area contributed by atoms with E-state index in [1.54, 1.807) is 4.90 Å². The summed E-state index contributed by atoms with van der Waals surface area (Å²) in [7, 11) is 0. The molecule has 1 aliphatic heterocycles. The molecule has 16 heavy (non-hydrogen) atoms. The topological polar surface area (TPSA) is 73.4 Å². The standard InChI is InChI=1S/C11H14N2O3/c14-9-6-10(15)12-7-8(9)11(16)13-4-2-1-3-5-13/h6-7H,1-5H2,(H2,12,14,15). The number of nitrogens with one attached hydrogen (secondary N) is 1. The molecule has 0 bridgehead atoms. The Morgan fingerprint density at radius 3 is 2.62 bits per heavy atom. The van der Waals surface area contributed by atoms with Crippen LogP contribution in [0.3, 0.4) is 0 Å². The van der Waals surface area contributed by atoms with E-state index in [0.717, 1.165) is 38.4 Å². The summed E-state index contributed by atoms with van der Waals surface area (Å²) in [6.07, 6.45) is 4.40. The second-order valence-corrected chi connectivity index (χ2v) is 3.95. The predicted octanol–water partition coefficient (Wildman–Crippen LogP) is 0.707. The molecule has 2 N–H and O–H groups in total. The molecule has 1 aliphatic rings. The summed E-state index contributed by atoms with van der Waals surface area (Å²) in [4.78, 5) is 27.0. The number of likely N-dealkylation sites (tertiary alicyclic amines) is 1. The van der Waals surface area contributed by atoms with E-state index in [1.807, 2.05) is 0 Å². The number of carbonyl (C=O) groups excluding carboxylic acids is 1. The highest BCUT2D eigenvalue weighted by atomic mass is 16.3. The van der Waals surface area contributed by atoms with E-state index in [0.29, 0.717) is 0 Å². The van der Waals surface area contributed by atoms with Crippen LogP contribution in [0.1, 0.15) is 29.6 Å². The predicted molar refractivity (Wildman–Crippen MR) is 58.5 cm³/mol. The Morgan fingerprint density at radius 2 is 2.00 bits per heavy atom. The molecule has 0 saturated carbocycles. The van der Waals surface area contributed by atoms with Crippen molar-refractivity contribution in [2.24, 2.45) is 0 Å². The molecule has 1 aromatic rings. The van der Waals surface area contributed by atoms with Gasteiger partial charge >= 0.3 is 0 Å². The van der Waals surface area contributed by atoms with Gasteiger partial charge in [0.1, 0.15) is 5.75 Å². The number of pyridine rings is 1. The van der Waals surface area contributed by atoms with Gasteiger partial charge in [0.05, 0.1) is 5.56 Å². The molecule has 1 saturated heterocycles. The molecule has 0 radical (unpaired) electrons. The second kappa shape index (κ2) is 4.38.